The summed E-state index contributed by atoms with van der Waals surface area (Å²) in [5.74, 6) is 0.374. The molecule has 0 fully saturated rings. The van der Waals surface area contributed by atoms with Gasteiger partial charge < -0.3 is 15.0 Å². The molecule has 0 aliphatic heterocycles. The molecule has 3 aromatic heterocycles. The smallest absolute Gasteiger partial charge is 0.151 e. The number of aliphatic hydroxyl groups excluding tert-OH is 1. The molecule has 0 unspecified atom stereocenters. The Morgan fingerprint density at radius 1 is 1.03 bits per heavy atom. The summed E-state index contributed by atoms with van der Waals surface area (Å²) in [6.07, 6.45) is 8.12. The zero-order valence-corrected chi connectivity index (χ0v) is 20.3. The Morgan fingerprint density at radius 3 is 2.79 bits per heavy atom. The average molecular weight is 507 g/mol. The van der Waals surface area contributed by atoms with Crippen molar-refractivity contribution >= 4 is 39.6 Å². The molecule has 0 radical (unpaired) electrons. The van der Waals surface area contributed by atoms with E-state index >= 15 is 0 Å². The van der Waals surface area contributed by atoms with E-state index in [0.29, 0.717) is 24.3 Å². The first-order chi connectivity index (χ1) is 18.6. The SMILES string of the molecule is O=Cc1cn(-c2ccc3ncnc(Nc4ccc5c(cnn5Cc5cccc(F)c5)c4)c3c2)cc1CCO. The molecule has 0 saturated carbocycles. The van der Waals surface area contributed by atoms with Gasteiger partial charge in [0.15, 0.2) is 6.29 Å². The number of carbonyl (C=O) groups is 1. The molecule has 6 rings (SSSR count). The Labute approximate surface area is 217 Å². The molecule has 188 valence electrons. The Hall–Kier alpha value is -4.89. The number of aromatic nitrogens is 5. The van der Waals surface area contributed by atoms with Gasteiger partial charge in [-0.15, -0.1) is 0 Å². The van der Waals surface area contributed by atoms with Gasteiger partial charge in [-0.25, -0.2) is 14.4 Å². The van der Waals surface area contributed by atoms with Crippen LogP contribution >= 0.6 is 0 Å². The van der Waals surface area contributed by atoms with Crippen LogP contribution in [0.5, 0.6) is 0 Å². The predicted octanol–water partition coefficient (Wildman–Crippen LogP) is 5.05. The topological polar surface area (TPSA) is 97.9 Å². The first kappa shape index (κ1) is 23.5. The third-order valence-corrected chi connectivity index (χ3v) is 6.49. The summed E-state index contributed by atoms with van der Waals surface area (Å²) in [6, 6.07) is 18.2. The highest BCUT2D eigenvalue weighted by Gasteiger charge is 2.11. The molecule has 3 aromatic carbocycles. The minimum atomic E-state index is -0.266. The number of anilines is 2. The normalized spacial score (nSPS) is 11.3. The maximum absolute atomic E-state index is 13.6. The van der Waals surface area contributed by atoms with Crippen molar-refractivity contribution in [2.75, 3.05) is 11.9 Å². The maximum atomic E-state index is 13.6. The van der Waals surface area contributed by atoms with Gasteiger partial charge in [0.25, 0.3) is 0 Å². The van der Waals surface area contributed by atoms with Crippen LogP contribution in [0.1, 0.15) is 21.5 Å². The third-order valence-electron chi connectivity index (χ3n) is 6.49. The summed E-state index contributed by atoms with van der Waals surface area (Å²) in [7, 11) is 0. The van der Waals surface area contributed by atoms with Gasteiger partial charge in [-0.1, -0.05) is 12.1 Å². The van der Waals surface area contributed by atoms with Crippen molar-refractivity contribution in [2.24, 2.45) is 0 Å². The molecule has 0 spiro atoms. The first-order valence-electron chi connectivity index (χ1n) is 12.1. The van der Waals surface area contributed by atoms with E-state index in [1.807, 2.05) is 57.9 Å². The van der Waals surface area contributed by atoms with Gasteiger partial charge in [0.2, 0.25) is 0 Å². The fraction of sp³-hybridized carbons (Fsp3) is 0.103. The maximum Gasteiger partial charge on any atom is 0.151 e. The van der Waals surface area contributed by atoms with E-state index in [4.69, 9.17) is 0 Å². The summed E-state index contributed by atoms with van der Waals surface area (Å²) in [5.41, 5.74) is 5.57. The fourth-order valence-electron chi connectivity index (χ4n) is 4.64. The zero-order chi connectivity index (χ0) is 26.1. The largest absolute Gasteiger partial charge is 0.396 e. The summed E-state index contributed by atoms with van der Waals surface area (Å²) in [6.45, 7) is 0.442. The van der Waals surface area contributed by atoms with Crippen LogP contribution in [0.4, 0.5) is 15.9 Å². The van der Waals surface area contributed by atoms with Crippen molar-refractivity contribution in [1.82, 2.24) is 24.3 Å². The Morgan fingerprint density at radius 2 is 1.95 bits per heavy atom. The van der Waals surface area contributed by atoms with E-state index in [0.717, 1.165) is 50.6 Å². The molecule has 38 heavy (non-hydrogen) atoms. The van der Waals surface area contributed by atoms with Crippen LogP contribution in [0.25, 0.3) is 27.5 Å². The lowest BCUT2D eigenvalue weighted by Gasteiger charge is -2.11. The lowest BCUT2D eigenvalue weighted by atomic mass is 10.2. The molecule has 0 aliphatic rings. The number of nitrogens with zero attached hydrogens (tertiary/aromatic N) is 5. The molecular weight excluding hydrogens is 483 g/mol. The summed E-state index contributed by atoms with van der Waals surface area (Å²) >= 11 is 0. The van der Waals surface area contributed by atoms with Crippen molar-refractivity contribution in [3.05, 3.63) is 108 Å². The first-order valence-corrected chi connectivity index (χ1v) is 12.1. The van der Waals surface area contributed by atoms with Crippen LogP contribution in [0.2, 0.25) is 0 Å². The van der Waals surface area contributed by atoms with Crippen molar-refractivity contribution in [1.29, 1.82) is 0 Å². The predicted molar refractivity (Wildman–Crippen MR) is 144 cm³/mol. The number of benzene rings is 3. The standard InChI is InChI=1S/C29H23FN6O2/c30-23-3-1-2-19(10-23)14-36-28-7-4-24(11-21(28)13-33-36)34-29-26-12-25(5-6-27(26)31-18-32-29)35-15-20(8-9-37)22(16-35)17-38/h1-7,10-13,15-18,37H,8-9,14H2,(H,31,32,34). The number of halogens is 1. The summed E-state index contributed by atoms with van der Waals surface area (Å²) in [5, 5.41) is 19.0. The number of nitrogens with one attached hydrogen (secondary N) is 1. The van der Waals surface area contributed by atoms with Gasteiger partial charge in [0.1, 0.15) is 18.0 Å². The number of aldehydes is 1. The number of rotatable bonds is 8. The minimum absolute atomic E-state index is 0.0292. The molecule has 0 saturated heterocycles. The molecule has 9 heteroatoms. The molecule has 2 N–H and O–H groups in total. The van der Waals surface area contributed by atoms with Crippen LogP contribution in [-0.4, -0.2) is 42.3 Å². The van der Waals surface area contributed by atoms with Crippen molar-refractivity contribution in [2.45, 2.75) is 13.0 Å². The summed E-state index contributed by atoms with van der Waals surface area (Å²) < 4.78 is 17.3. The minimum Gasteiger partial charge on any atom is -0.396 e. The van der Waals surface area contributed by atoms with Gasteiger partial charge in [-0.2, -0.15) is 5.10 Å². The van der Waals surface area contributed by atoms with E-state index in [9.17, 15) is 14.3 Å². The van der Waals surface area contributed by atoms with E-state index in [1.54, 1.807) is 18.5 Å². The van der Waals surface area contributed by atoms with Gasteiger partial charge >= 0.3 is 0 Å². The zero-order valence-electron chi connectivity index (χ0n) is 20.3. The van der Waals surface area contributed by atoms with Crippen LogP contribution in [0.3, 0.4) is 0 Å². The number of carbonyl (C=O) groups excluding carboxylic acids is 1. The van der Waals surface area contributed by atoms with Crippen LogP contribution in [0.15, 0.2) is 85.6 Å². The number of fused-ring (bicyclic) bond motifs is 2. The second-order valence-corrected chi connectivity index (χ2v) is 8.99. The Balaban J connectivity index is 1.31. The lowest BCUT2D eigenvalue weighted by molar-refractivity contribution is 0.112. The molecule has 0 amide bonds. The highest BCUT2D eigenvalue weighted by atomic mass is 19.1. The Kier molecular flexibility index (Phi) is 6.11. The number of hydrogen-bond donors (Lipinski definition) is 2. The molecule has 0 atom stereocenters. The van der Waals surface area contributed by atoms with Gasteiger partial charge in [-0.05, 0) is 66.1 Å². The van der Waals surface area contributed by atoms with E-state index in [-0.39, 0.29) is 12.4 Å². The molecule has 0 aliphatic carbocycles. The second-order valence-electron chi connectivity index (χ2n) is 8.99. The lowest BCUT2D eigenvalue weighted by Crippen LogP contribution is -2.01. The average Bonchev–Trinajstić information content (AvgIpc) is 3.52. The molecule has 6 aromatic rings. The van der Waals surface area contributed by atoms with E-state index in [2.05, 4.69) is 20.4 Å². The monoisotopic (exact) mass is 506 g/mol. The van der Waals surface area contributed by atoms with Crippen molar-refractivity contribution < 1.29 is 14.3 Å². The number of hydrogen-bond acceptors (Lipinski definition) is 6. The number of aliphatic hydroxyl groups is 1. The molecular formula is C29H23FN6O2. The highest BCUT2D eigenvalue weighted by Crippen LogP contribution is 2.28. The molecule has 8 nitrogen and oxygen atoms in total. The molecule has 3 heterocycles. The molecule has 0 bridgehead atoms. The third kappa shape index (κ3) is 4.51. The van der Waals surface area contributed by atoms with Crippen molar-refractivity contribution in [3.63, 3.8) is 0 Å². The second kappa shape index (κ2) is 9.87. The van der Waals surface area contributed by atoms with Gasteiger partial charge in [0, 0.05) is 46.7 Å². The van der Waals surface area contributed by atoms with Crippen molar-refractivity contribution in [3.8, 4) is 5.69 Å². The fourth-order valence-corrected chi connectivity index (χ4v) is 4.64. The Bertz CT molecular complexity index is 1790. The highest BCUT2D eigenvalue weighted by molar-refractivity contribution is 5.93. The summed E-state index contributed by atoms with van der Waals surface area (Å²) in [4.78, 5) is 20.3. The van der Waals surface area contributed by atoms with Crippen LogP contribution in [0, 0.1) is 5.82 Å². The van der Waals surface area contributed by atoms with Gasteiger partial charge in [0.05, 0.1) is 23.8 Å². The van der Waals surface area contributed by atoms with Crippen LogP contribution in [-0.2, 0) is 13.0 Å². The van der Waals surface area contributed by atoms with Gasteiger partial charge in [-0.3, -0.25) is 9.48 Å². The van der Waals surface area contributed by atoms with Crippen LogP contribution < -0.4 is 5.32 Å². The quantitative estimate of drug-likeness (QED) is 0.281. The van der Waals surface area contributed by atoms with E-state index in [1.165, 1.54) is 18.5 Å². The van der Waals surface area contributed by atoms with E-state index < -0.39 is 0 Å².